The van der Waals surface area contributed by atoms with Gasteiger partial charge < -0.3 is 16.0 Å². The standard InChI is InChI=1S/C22H33N5O/c1-6-18(25-13-14(2)3)9-10-24-21-19(22(28)26-16(5)23)12-17-11-15(4)7-8-20(17)27-21/h7-8,11-12,14,18,25H,6,9-10,13H2,1-5H3,(H,24,27)(H2,23,26,28). The summed E-state index contributed by atoms with van der Waals surface area (Å²) in [5.74, 6) is 0.987. The fourth-order valence-corrected chi connectivity index (χ4v) is 3.06. The molecule has 0 radical (unpaired) electrons. The molecule has 1 atom stereocenters. The summed E-state index contributed by atoms with van der Waals surface area (Å²) in [7, 11) is 0. The number of anilines is 1. The third-order valence-electron chi connectivity index (χ3n) is 4.61. The summed E-state index contributed by atoms with van der Waals surface area (Å²) in [5.41, 5.74) is 2.43. The van der Waals surface area contributed by atoms with E-state index in [9.17, 15) is 4.79 Å². The van der Waals surface area contributed by atoms with Crippen LogP contribution < -0.4 is 16.0 Å². The Morgan fingerprint density at radius 1 is 1.25 bits per heavy atom. The van der Waals surface area contributed by atoms with Gasteiger partial charge in [0.25, 0.3) is 5.91 Å². The minimum absolute atomic E-state index is 0.115. The van der Waals surface area contributed by atoms with Gasteiger partial charge in [0.1, 0.15) is 5.82 Å². The lowest BCUT2D eigenvalue weighted by molar-refractivity contribution is 0.0977. The molecule has 2 rings (SSSR count). The second-order valence-electron chi connectivity index (χ2n) is 7.78. The maximum Gasteiger partial charge on any atom is 0.260 e. The van der Waals surface area contributed by atoms with Crippen LogP contribution in [0.1, 0.15) is 56.5 Å². The molecule has 152 valence electrons. The number of aromatic nitrogens is 1. The minimum Gasteiger partial charge on any atom is -0.369 e. The monoisotopic (exact) mass is 383 g/mol. The largest absolute Gasteiger partial charge is 0.369 e. The molecule has 0 saturated carbocycles. The quantitative estimate of drug-likeness (QED) is 0.388. The molecule has 28 heavy (non-hydrogen) atoms. The number of pyridine rings is 1. The highest BCUT2D eigenvalue weighted by Gasteiger charge is 2.15. The molecule has 0 aliphatic rings. The Bertz CT molecular complexity index is 831. The highest BCUT2D eigenvalue weighted by Crippen LogP contribution is 2.22. The molecule has 1 amide bonds. The fourth-order valence-electron chi connectivity index (χ4n) is 3.06. The van der Waals surface area contributed by atoms with Gasteiger partial charge in [0.15, 0.2) is 0 Å². The predicted octanol–water partition coefficient (Wildman–Crippen LogP) is 4.10. The first-order chi connectivity index (χ1) is 13.3. The van der Waals surface area contributed by atoms with Gasteiger partial charge in [0.05, 0.1) is 16.9 Å². The van der Waals surface area contributed by atoms with Crippen molar-refractivity contribution in [3.8, 4) is 0 Å². The van der Waals surface area contributed by atoms with Gasteiger partial charge in [-0.1, -0.05) is 32.4 Å². The van der Waals surface area contributed by atoms with E-state index in [0.717, 1.165) is 42.4 Å². The molecule has 6 heteroatoms. The molecule has 6 nitrogen and oxygen atoms in total. The summed E-state index contributed by atoms with van der Waals surface area (Å²) >= 11 is 0. The lowest BCUT2D eigenvalue weighted by Crippen LogP contribution is -2.33. The second kappa shape index (κ2) is 10.2. The van der Waals surface area contributed by atoms with Crippen LogP contribution in [0, 0.1) is 18.3 Å². The number of hydrogen-bond acceptors (Lipinski definition) is 5. The summed E-state index contributed by atoms with van der Waals surface area (Å²) < 4.78 is 0. The van der Waals surface area contributed by atoms with Crippen molar-refractivity contribution >= 4 is 28.5 Å². The number of aryl methyl sites for hydroxylation is 1. The van der Waals surface area contributed by atoms with Crippen molar-refractivity contribution in [1.29, 1.82) is 5.41 Å². The Hall–Kier alpha value is -2.47. The van der Waals surface area contributed by atoms with Crippen molar-refractivity contribution < 1.29 is 4.79 Å². The van der Waals surface area contributed by atoms with Crippen LogP contribution in [0.3, 0.4) is 0 Å². The smallest absolute Gasteiger partial charge is 0.260 e. The van der Waals surface area contributed by atoms with Crippen molar-refractivity contribution in [2.75, 3.05) is 18.4 Å². The number of rotatable bonds is 9. The number of nitrogens with zero attached hydrogens (tertiary/aromatic N) is 1. The first-order valence-electron chi connectivity index (χ1n) is 10.0. The number of hydrogen-bond donors (Lipinski definition) is 4. The lowest BCUT2D eigenvalue weighted by atomic mass is 10.1. The molecule has 1 unspecified atom stereocenters. The molecule has 0 saturated heterocycles. The first kappa shape index (κ1) is 21.8. The van der Waals surface area contributed by atoms with Crippen LogP contribution in [0.15, 0.2) is 24.3 Å². The molecule has 4 N–H and O–H groups in total. The van der Waals surface area contributed by atoms with E-state index in [1.165, 1.54) is 0 Å². The number of nitrogens with one attached hydrogen (secondary N) is 4. The van der Waals surface area contributed by atoms with E-state index in [2.05, 4.69) is 41.7 Å². The van der Waals surface area contributed by atoms with Crippen molar-refractivity contribution in [2.24, 2.45) is 5.92 Å². The Labute approximate surface area is 168 Å². The van der Waals surface area contributed by atoms with Crippen LogP contribution in [0.2, 0.25) is 0 Å². The third kappa shape index (κ3) is 6.30. The van der Waals surface area contributed by atoms with E-state index in [4.69, 9.17) is 5.41 Å². The summed E-state index contributed by atoms with van der Waals surface area (Å²) in [6.07, 6.45) is 2.00. The van der Waals surface area contributed by atoms with E-state index in [1.54, 1.807) is 6.92 Å². The van der Waals surface area contributed by atoms with Gasteiger partial charge in [-0.15, -0.1) is 0 Å². The number of benzene rings is 1. The zero-order valence-corrected chi connectivity index (χ0v) is 17.6. The van der Waals surface area contributed by atoms with E-state index < -0.39 is 0 Å². The van der Waals surface area contributed by atoms with Gasteiger partial charge in [-0.2, -0.15) is 0 Å². The number of amidine groups is 1. The molecule has 1 aromatic carbocycles. The Kier molecular flexibility index (Phi) is 7.93. The van der Waals surface area contributed by atoms with Crippen LogP contribution in [-0.4, -0.2) is 35.9 Å². The normalized spacial score (nSPS) is 12.2. The van der Waals surface area contributed by atoms with E-state index >= 15 is 0 Å². The summed E-state index contributed by atoms with van der Waals surface area (Å²) in [6.45, 7) is 11.9. The van der Waals surface area contributed by atoms with Gasteiger partial charge in [0.2, 0.25) is 0 Å². The average Bonchev–Trinajstić information content (AvgIpc) is 2.63. The predicted molar refractivity (Wildman–Crippen MR) is 117 cm³/mol. The summed E-state index contributed by atoms with van der Waals surface area (Å²) in [6, 6.07) is 8.29. The van der Waals surface area contributed by atoms with E-state index in [0.29, 0.717) is 23.3 Å². The van der Waals surface area contributed by atoms with Crippen molar-refractivity contribution in [3.05, 3.63) is 35.4 Å². The highest BCUT2D eigenvalue weighted by molar-refractivity contribution is 6.09. The SMILES string of the molecule is CCC(CCNc1nc2ccc(C)cc2cc1C(=O)NC(C)=N)NCC(C)C. The third-order valence-corrected chi connectivity index (χ3v) is 4.61. The van der Waals surface area contributed by atoms with Gasteiger partial charge in [-0.3, -0.25) is 10.2 Å². The molecule has 0 aliphatic heterocycles. The molecule has 0 fully saturated rings. The van der Waals surface area contributed by atoms with Crippen LogP contribution in [0.25, 0.3) is 10.9 Å². The van der Waals surface area contributed by atoms with Gasteiger partial charge in [-0.25, -0.2) is 4.98 Å². The zero-order chi connectivity index (χ0) is 20.7. The van der Waals surface area contributed by atoms with Gasteiger partial charge in [0, 0.05) is 18.0 Å². The molecule has 0 aliphatic carbocycles. The summed E-state index contributed by atoms with van der Waals surface area (Å²) in [4.78, 5) is 17.3. The molecule has 2 aromatic rings. The number of amides is 1. The Balaban J connectivity index is 2.19. The van der Waals surface area contributed by atoms with Crippen molar-refractivity contribution in [1.82, 2.24) is 15.6 Å². The first-order valence-corrected chi connectivity index (χ1v) is 10.0. The van der Waals surface area contributed by atoms with Crippen LogP contribution in [0.4, 0.5) is 5.82 Å². The second-order valence-corrected chi connectivity index (χ2v) is 7.78. The van der Waals surface area contributed by atoms with Gasteiger partial charge in [-0.05, 0) is 57.4 Å². The maximum atomic E-state index is 12.6. The van der Waals surface area contributed by atoms with Crippen LogP contribution >= 0.6 is 0 Å². The topological polar surface area (TPSA) is 89.9 Å². The lowest BCUT2D eigenvalue weighted by Gasteiger charge is -2.19. The zero-order valence-electron chi connectivity index (χ0n) is 17.6. The Morgan fingerprint density at radius 2 is 2.00 bits per heavy atom. The van der Waals surface area contributed by atoms with E-state index in [-0.39, 0.29) is 11.7 Å². The molecule has 0 spiro atoms. The fraction of sp³-hybridized carbons (Fsp3) is 0.500. The van der Waals surface area contributed by atoms with Gasteiger partial charge >= 0.3 is 0 Å². The number of carbonyl (C=O) groups is 1. The number of fused-ring (bicyclic) bond motifs is 1. The molecule has 1 heterocycles. The van der Waals surface area contributed by atoms with Crippen LogP contribution in [0.5, 0.6) is 0 Å². The highest BCUT2D eigenvalue weighted by atomic mass is 16.1. The average molecular weight is 384 g/mol. The molecule has 1 aromatic heterocycles. The van der Waals surface area contributed by atoms with E-state index in [1.807, 2.05) is 31.2 Å². The number of carbonyl (C=O) groups excluding carboxylic acids is 1. The van der Waals surface area contributed by atoms with Crippen LogP contribution in [-0.2, 0) is 0 Å². The molecular formula is C22H33N5O. The summed E-state index contributed by atoms with van der Waals surface area (Å²) in [5, 5.41) is 18.0. The molecular weight excluding hydrogens is 350 g/mol. The Morgan fingerprint density at radius 3 is 2.64 bits per heavy atom. The molecule has 0 bridgehead atoms. The van der Waals surface area contributed by atoms with Crippen molar-refractivity contribution in [2.45, 2.75) is 53.5 Å². The maximum absolute atomic E-state index is 12.6. The minimum atomic E-state index is -0.309. The van der Waals surface area contributed by atoms with Crippen molar-refractivity contribution in [3.63, 3.8) is 0 Å².